The molecule has 0 bridgehead atoms. The van der Waals surface area contributed by atoms with Crippen molar-refractivity contribution in [1.29, 1.82) is 0 Å². The number of aliphatic hydroxyl groups is 1. The Hall–Kier alpha value is -3.30. The summed E-state index contributed by atoms with van der Waals surface area (Å²) in [6.07, 6.45) is 4.64. The molecular formula is C31H37N3O5. The molecule has 1 aromatic heterocycles. The number of benzene rings is 2. The molecule has 2 saturated heterocycles. The molecule has 2 fully saturated rings. The molecule has 0 unspecified atom stereocenters. The quantitative estimate of drug-likeness (QED) is 0.459. The molecule has 2 N–H and O–H groups in total. The third-order valence-electron chi connectivity index (χ3n) is 7.50. The molecule has 0 aliphatic carbocycles. The zero-order valence-electron chi connectivity index (χ0n) is 22.4. The molecular weight excluding hydrogens is 494 g/mol. The molecule has 0 saturated carbocycles. The molecule has 0 radical (unpaired) electrons. The maximum absolute atomic E-state index is 12.8. The van der Waals surface area contributed by atoms with Crippen molar-refractivity contribution in [2.45, 2.75) is 56.7 Å². The summed E-state index contributed by atoms with van der Waals surface area (Å²) in [6.45, 7) is 2.28. The third kappa shape index (κ3) is 7.22. The van der Waals surface area contributed by atoms with Crippen LogP contribution >= 0.6 is 0 Å². The summed E-state index contributed by atoms with van der Waals surface area (Å²) >= 11 is 0. The van der Waals surface area contributed by atoms with Crippen LogP contribution in [-0.4, -0.2) is 72.1 Å². The average Bonchev–Trinajstić information content (AvgIpc) is 2.96. The van der Waals surface area contributed by atoms with E-state index in [0.29, 0.717) is 32.7 Å². The zero-order valence-corrected chi connectivity index (χ0v) is 22.4. The second-order valence-electron chi connectivity index (χ2n) is 10.3. The van der Waals surface area contributed by atoms with Crippen molar-refractivity contribution in [2.75, 3.05) is 26.9 Å². The molecule has 0 spiro atoms. The van der Waals surface area contributed by atoms with Gasteiger partial charge in [-0.25, -0.2) is 0 Å². The topological polar surface area (TPSA) is 93.2 Å². The monoisotopic (exact) mass is 531 g/mol. The average molecular weight is 532 g/mol. The number of nitrogens with one attached hydrogen (secondary N) is 1. The molecule has 2 aromatic carbocycles. The zero-order chi connectivity index (χ0) is 27.0. The lowest BCUT2D eigenvalue weighted by molar-refractivity contribution is -0.158. The highest BCUT2D eigenvalue weighted by Gasteiger charge is 2.38. The van der Waals surface area contributed by atoms with E-state index in [0.717, 1.165) is 35.3 Å². The van der Waals surface area contributed by atoms with Crippen LogP contribution in [0.3, 0.4) is 0 Å². The van der Waals surface area contributed by atoms with Gasteiger partial charge in [-0.2, -0.15) is 0 Å². The minimum Gasteiger partial charge on any atom is -0.496 e. The van der Waals surface area contributed by atoms with Crippen LogP contribution in [0.15, 0.2) is 73.1 Å². The number of carbonyl (C=O) groups is 1. The second-order valence-corrected chi connectivity index (χ2v) is 10.3. The summed E-state index contributed by atoms with van der Waals surface area (Å²) in [6, 6.07) is 20.3. The van der Waals surface area contributed by atoms with Crippen molar-refractivity contribution in [3.63, 3.8) is 0 Å². The fourth-order valence-electron chi connectivity index (χ4n) is 5.58. The highest BCUT2D eigenvalue weighted by Crippen LogP contribution is 2.29. The van der Waals surface area contributed by atoms with Crippen LogP contribution in [0.1, 0.15) is 30.4 Å². The van der Waals surface area contributed by atoms with Gasteiger partial charge in [0.05, 0.1) is 45.1 Å². The van der Waals surface area contributed by atoms with Crippen molar-refractivity contribution in [3.05, 3.63) is 84.2 Å². The van der Waals surface area contributed by atoms with Gasteiger partial charge in [-0.15, -0.1) is 0 Å². The van der Waals surface area contributed by atoms with Crippen LogP contribution in [0.25, 0.3) is 11.1 Å². The predicted octanol–water partition coefficient (Wildman–Crippen LogP) is 3.57. The van der Waals surface area contributed by atoms with Crippen molar-refractivity contribution < 1.29 is 24.1 Å². The lowest BCUT2D eigenvalue weighted by atomic mass is 9.94. The summed E-state index contributed by atoms with van der Waals surface area (Å²) in [5, 5.41) is 13.6. The lowest BCUT2D eigenvalue weighted by Gasteiger charge is -2.44. The number of para-hydroxylation sites is 1. The highest BCUT2D eigenvalue weighted by atomic mass is 16.5. The van der Waals surface area contributed by atoms with Gasteiger partial charge in [0.15, 0.2) is 0 Å². The van der Waals surface area contributed by atoms with Gasteiger partial charge in [-0.3, -0.25) is 14.7 Å². The van der Waals surface area contributed by atoms with E-state index in [9.17, 15) is 9.90 Å². The number of rotatable bonds is 8. The number of hydrogen-bond donors (Lipinski definition) is 2. The van der Waals surface area contributed by atoms with Crippen LogP contribution in [0.5, 0.6) is 5.75 Å². The Morgan fingerprint density at radius 3 is 2.77 bits per heavy atom. The molecule has 4 atom stereocenters. The smallest absolute Gasteiger partial charge is 0.222 e. The van der Waals surface area contributed by atoms with Crippen LogP contribution < -0.4 is 10.1 Å². The van der Waals surface area contributed by atoms with Gasteiger partial charge in [0.25, 0.3) is 0 Å². The summed E-state index contributed by atoms with van der Waals surface area (Å²) in [5.41, 5.74) is 4.38. The Bertz CT molecular complexity index is 1220. The number of β-amino-alcohol motifs (C(OH)–C–C–N with tert-alkyl or cyclic N) is 1. The normalized spacial score (nSPS) is 23.7. The number of aliphatic hydroxyl groups excluding tert-OH is 1. The Balaban J connectivity index is 1.21. The van der Waals surface area contributed by atoms with E-state index in [4.69, 9.17) is 14.2 Å². The third-order valence-corrected chi connectivity index (χ3v) is 7.50. The lowest BCUT2D eigenvalue weighted by Crippen LogP contribution is -2.55. The summed E-state index contributed by atoms with van der Waals surface area (Å²) in [4.78, 5) is 19.2. The van der Waals surface area contributed by atoms with E-state index in [1.54, 1.807) is 19.5 Å². The Morgan fingerprint density at radius 1 is 1.08 bits per heavy atom. The second kappa shape index (κ2) is 13.2. The highest BCUT2D eigenvalue weighted by molar-refractivity contribution is 5.76. The van der Waals surface area contributed by atoms with E-state index in [1.807, 2.05) is 36.4 Å². The van der Waals surface area contributed by atoms with Gasteiger partial charge in [0, 0.05) is 43.6 Å². The molecule has 206 valence electrons. The van der Waals surface area contributed by atoms with Crippen LogP contribution in [-0.2, 0) is 27.4 Å². The predicted molar refractivity (Wildman–Crippen MR) is 148 cm³/mol. The molecule has 3 aromatic rings. The Morgan fingerprint density at radius 2 is 1.92 bits per heavy atom. The summed E-state index contributed by atoms with van der Waals surface area (Å²) in [5.74, 6) is 0.714. The molecule has 2 aliphatic rings. The van der Waals surface area contributed by atoms with Crippen molar-refractivity contribution in [2.24, 2.45) is 0 Å². The van der Waals surface area contributed by atoms with Crippen molar-refractivity contribution in [1.82, 2.24) is 15.2 Å². The number of fused-ring (bicyclic) bond motifs is 1. The van der Waals surface area contributed by atoms with Crippen molar-refractivity contribution >= 4 is 5.91 Å². The van der Waals surface area contributed by atoms with Crippen LogP contribution in [0.4, 0.5) is 0 Å². The molecule has 3 heterocycles. The molecule has 8 heteroatoms. The van der Waals surface area contributed by atoms with Gasteiger partial charge < -0.3 is 24.6 Å². The fraction of sp³-hybridized carbons (Fsp3) is 0.419. The first-order valence-corrected chi connectivity index (χ1v) is 13.6. The number of ether oxygens (including phenoxy) is 3. The van der Waals surface area contributed by atoms with E-state index in [1.165, 1.54) is 5.56 Å². The van der Waals surface area contributed by atoms with Gasteiger partial charge in [-0.05, 0) is 53.8 Å². The number of amides is 1. The van der Waals surface area contributed by atoms with Gasteiger partial charge in [-0.1, -0.05) is 36.4 Å². The first-order chi connectivity index (χ1) is 19.1. The van der Waals surface area contributed by atoms with E-state index < -0.39 is 6.10 Å². The standard InChI is InChI=1S/C31H37N3O5/c1-37-29-8-3-2-6-25(29)17-33-31(36)16-27-9-10-28-30(39-27)21-38-20-26(35)19-34(28)18-22-5-4-7-24(15-22)23-11-13-32-14-12-23/h2-8,11-15,26-28,30,35H,9-10,16-21H2,1H3,(H,33,36)/t26-,27+,28-,30+/m0/s1. The fourth-order valence-corrected chi connectivity index (χ4v) is 5.58. The minimum atomic E-state index is -0.562. The first-order valence-electron chi connectivity index (χ1n) is 13.6. The van der Waals surface area contributed by atoms with Crippen LogP contribution in [0, 0.1) is 0 Å². The molecule has 1 amide bonds. The molecule has 8 nitrogen and oxygen atoms in total. The van der Waals surface area contributed by atoms with Gasteiger partial charge >= 0.3 is 0 Å². The maximum atomic E-state index is 12.8. The first kappa shape index (κ1) is 27.3. The number of hydrogen-bond acceptors (Lipinski definition) is 7. The number of methoxy groups -OCH3 is 1. The van der Waals surface area contributed by atoms with Crippen LogP contribution in [0.2, 0.25) is 0 Å². The summed E-state index contributed by atoms with van der Waals surface area (Å²) in [7, 11) is 1.63. The van der Waals surface area contributed by atoms with Crippen molar-refractivity contribution in [3.8, 4) is 16.9 Å². The van der Waals surface area contributed by atoms with E-state index in [2.05, 4.69) is 39.5 Å². The maximum Gasteiger partial charge on any atom is 0.222 e. The SMILES string of the molecule is COc1ccccc1CNC(=O)C[C@H]1CC[C@H]2[C@@H](COC[C@@H](O)CN2Cc2cccc(-c3ccncc3)c2)O1. The number of nitrogens with zero attached hydrogens (tertiary/aromatic N) is 2. The van der Waals surface area contributed by atoms with Gasteiger partial charge in [0.2, 0.25) is 5.91 Å². The molecule has 39 heavy (non-hydrogen) atoms. The Kier molecular flexibility index (Phi) is 9.21. The largest absolute Gasteiger partial charge is 0.496 e. The summed E-state index contributed by atoms with van der Waals surface area (Å²) < 4.78 is 17.6. The number of pyridine rings is 1. The van der Waals surface area contributed by atoms with E-state index >= 15 is 0 Å². The van der Waals surface area contributed by atoms with Gasteiger partial charge in [0.1, 0.15) is 5.75 Å². The van der Waals surface area contributed by atoms with E-state index in [-0.39, 0.29) is 30.8 Å². The molecule has 2 aliphatic heterocycles. The number of carbonyl (C=O) groups excluding carboxylic acids is 1. The minimum absolute atomic E-state index is 0.0451. The Labute approximate surface area is 229 Å². The number of aromatic nitrogens is 1. The molecule has 5 rings (SSSR count).